The highest BCUT2D eigenvalue weighted by Gasteiger charge is 2.06. The standard InChI is InChI=1S/C9H12ClN3O/c1-3-5-13-9(14)8(10)7(6-12-13)11-4-2/h3,6,11H,1,4-5H2,2H3. The van der Waals surface area contributed by atoms with Gasteiger partial charge in [0.2, 0.25) is 0 Å². The molecule has 76 valence electrons. The molecule has 0 aliphatic carbocycles. The molecule has 0 atom stereocenters. The fourth-order valence-corrected chi connectivity index (χ4v) is 1.24. The molecule has 0 aromatic carbocycles. The van der Waals surface area contributed by atoms with Gasteiger partial charge in [0, 0.05) is 6.54 Å². The third-order valence-corrected chi connectivity index (χ3v) is 2.02. The lowest BCUT2D eigenvalue weighted by Gasteiger charge is -2.06. The van der Waals surface area contributed by atoms with Gasteiger partial charge in [0.25, 0.3) is 5.56 Å². The lowest BCUT2D eigenvalue weighted by molar-refractivity contribution is 0.653. The molecule has 14 heavy (non-hydrogen) atoms. The molecule has 0 saturated carbocycles. The molecule has 1 N–H and O–H groups in total. The van der Waals surface area contributed by atoms with Gasteiger partial charge in [-0.15, -0.1) is 6.58 Å². The van der Waals surface area contributed by atoms with Gasteiger partial charge in [-0.2, -0.15) is 5.10 Å². The number of hydrogen-bond donors (Lipinski definition) is 1. The van der Waals surface area contributed by atoms with Crippen molar-refractivity contribution in [1.82, 2.24) is 9.78 Å². The third kappa shape index (κ3) is 2.14. The highest BCUT2D eigenvalue weighted by Crippen LogP contribution is 2.14. The Morgan fingerprint density at radius 3 is 3.07 bits per heavy atom. The highest BCUT2D eigenvalue weighted by atomic mass is 35.5. The van der Waals surface area contributed by atoms with Crippen LogP contribution >= 0.6 is 11.6 Å². The Kier molecular flexibility index (Phi) is 3.71. The van der Waals surface area contributed by atoms with Crippen LogP contribution in [0.25, 0.3) is 0 Å². The number of nitrogens with zero attached hydrogens (tertiary/aromatic N) is 2. The maximum Gasteiger partial charge on any atom is 0.287 e. The summed E-state index contributed by atoms with van der Waals surface area (Å²) in [6.45, 7) is 6.52. The molecule has 0 spiro atoms. The molecule has 0 fully saturated rings. The second-order valence-electron chi connectivity index (χ2n) is 2.68. The van der Waals surface area contributed by atoms with Crippen LogP contribution in [-0.4, -0.2) is 16.3 Å². The topological polar surface area (TPSA) is 46.9 Å². The molecule has 1 heterocycles. The average Bonchev–Trinajstić information content (AvgIpc) is 2.18. The van der Waals surface area contributed by atoms with E-state index in [1.165, 1.54) is 10.9 Å². The van der Waals surface area contributed by atoms with E-state index < -0.39 is 0 Å². The van der Waals surface area contributed by atoms with Crippen LogP contribution in [0, 0.1) is 0 Å². The Hall–Kier alpha value is -1.29. The quantitative estimate of drug-likeness (QED) is 0.772. The van der Waals surface area contributed by atoms with E-state index in [2.05, 4.69) is 17.0 Å². The summed E-state index contributed by atoms with van der Waals surface area (Å²) >= 11 is 5.84. The first-order valence-electron chi connectivity index (χ1n) is 4.31. The lowest BCUT2D eigenvalue weighted by atomic mass is 10.4. The van der Waals surface area contributed by atoms with Crippen molar-refractivity contribution < 1.29 is 0 Å². The van der Waals surface area contributed by atoms with E-state index in [-0.39, 0.29) is 10.6 Å². The number of halogens is 1. The zero-order chi connectivity index (χ0) is 10.6. The maximum atomic E-state index is 11.5. The van der Waals surface area contributed by atoms with Gasteiger partial charge in [0.1, 0.15) is 5.02 Å². The van der Waals surface area contributed by atoms with Crippen LogP contribution in [0.4, 0.5) is 5.69 Å². The van der Waals surface area contributed by atoms with Crippen LogP contribution < -0.4 is 10.9 Å². The molecule has 0 radical (unpaired) electrons. The predicted molar refractivity (Wildman–Crippen MR) is 57.9 cm³/mol. The predicted octanol–water partition coefficient (Wildman–Crippen LogP) is 1.51. The minimum atomic E-state index is -0.301. The Morgan fingerprint density at radius 2 is 2.50 bits per heavy atom. The van der Waals surface area contributed by atoms with E-state index in [9.17, 15) is 4.79 Å². The molecule has 1 rings (SSSR count). The van der Waals surface area contributed by atoms with E-state index in [1.807, 2.05) is 6.92 Å². The first kappa shape index (κ1) is 10.8. The fraction of sp³-hybridized carbons (Fsp3) is 0.333. The molecule has 1 aromatic rings. The molecule has 0 aliphatic heterocycles. The fourth-order valence-electron chi connectivity index (χ4n) is 1.03. The van der Waals surface area contributed by atoms with E-state index in [0.29, 0.717) is 18.8 Å². The van der Waals surface area contributed by atoms with Gasteiger partial charge in [0.15, 0.2) is 0 Å². The van der Waals surface area contributed by atoms with Crippen LogP contribution in [0.3, 0.4) is 0 Å². The molecule has 0 bridgehead atoms. The molecule has 1 aromatic heterocycles. The number of aromatic nitrogens is 2. The van der Waals surface area contributed by atoms with Crippen LogP contribution in [-0.2, 0) is 6.54 Å². The smallest absolute Gasteiger partial charge is 0.287 e. The van der Waals surface area contributed by atoms with Crippen LogP contribution in [0.5, 0.6) is 0 Å². The van der Waals surface area contributed by atoms with E-state index in [0.717, 1.165) is 0 Å². The van der Waals surface area contributed by atoms with Crippen molar-refractivity contribution in [3.63, 3.8) is 0 Å². The van der Waals surface area contributed by atoms with Gasteiger partial charge < -0.3 is 5.32 Å². The first-order chi connectivity index (χ1) is 6.70. The van der Waals surface area contributed by atoms with Gasteiger partial charge in [-0.25, -0.2) is 4.68 Å². The molecule has 4 nitrogen and oxygen atoms in total. The van der Waals surface area contributed by atoms with Gasteiger partial charge in [0.05, 0.1) is 18.4 Å². The third-order valence-electron chi connectivity index (χ3n) is 1.65. The Labute approximate surface area is 87.2 Å². The van der Waals surface area contributed by atoms with Gasteiger partial charge in [-0.05, 0) is 6.92 Å². The van der Waals surface area contributed by atoms with Crippen LogP contribution in [0.1, 0.15) is 6.92 Å². The van der Waals surface area contributed by atoms with Gasteiger partial charge in [-0.3, -0.25) is 4.79 Å². The summed E-state index contributed by atoms with van der Waals surface area (Å²) in [5, 5.41) is 7.06. The van der Waals surface area contributed by atoms with Gasteiger partial charge in [-0.1, -0.05) is 17.7 Å². The van der Waals surface area contributed by atoms with Crippen molar-refractivity contribution in [1.29, 1.82) is 0 Å². The summed E-state index contributed by atoms with van der Waals surface area (Å²) in [6.07, 6.45) is 3.13. The van der Waals surface area contributed by atoms with E-state index in [4.69, 9.17) is 11.6 Å². The molecular formula is C9H12ClN3O. The maximum absolute atomic E-state index is 11.5. The summed E-state index contributed by atoms with van der Waals surface area (Å²) in [5.74, 6) is 0. The monoisotopic (exact) mass is 213 g/mol. The van der Waals surface area contributed by atoms with Crippen molar-refractivity contribution in [3.8, 4) is 0 Å². The molecular weight excluding hydrogens is 202 g/mol. The minimum absolute atomic E-state index is 0.170. The van der Waals surface area contributed by atoms with Crippen LogP contribution in [0.15, 0.2) is 23.6 Å². The molecule has 0 saturated heterocycles. The summed E-state index contributed by atoms with van der Waals surface area (Å²) in [5.41, 5.74) is 0.268. The Bertz CT molecular complexity index is 386. The highest BCUT2D eigenvalue weighted by molar-refractivity contribution is 6.32. The number of allylic oxidation sites excluding steroid dienone is 1. The number of anilines is 1. The Balaban J connectivity index is 3.12. The second kappa shape index (κ2) is 4.81. The molecule has 0 amide bonds. The first-order valence-corrected chi connectivity index (χ1v) is 4.68. The Morgan fingerprint density at radius 1 is 1.79 bits per heavy atom. The molecule has 0 unspecified atom stereocenters. The van der Waals surface area contributed by atoms with Crippen LogP contribution in [0.2, 0.25) is 5.02 Å². The average molecular weight is 214 g/mol. The SMILES string of the molecule is C=CCn1ncc(NCC)c(Cl)c1=O. The van der Waals surface area contributed by atoms with Crippen molar-refractivity contribution in [2.45, 2.75) is 13.5 Å². The second-order valence-corrected chi connectivity index (χ2v) is 3.06. The summed E-state index contributed by atoms with van der Waals surface area (Å²) in [7, 11) is 0. The number of hydrogen-bond acceptors (Lipinski definition) is 3. The molecule has 5 heteroatoms. The van der Waals surface area contributed by atoms with Gasteiger partial charge >= 0.3 is 0 Å². The van der Waals surface area contributed by atoms with E-state index in [1.54, 1.807) is 6.08 Å². The minimum Gasteiger partial charge on any atom is -0.383 e. The number of nitrogens with one attached hydrogen (secondary N) is 1. The largest absolute Gasteiger partial charge is 0.383 e. The van der Waals surface area contributed by atoms with Crippen molar-refractivity contribution >= 4 is 17.3 Å². The summed E-state index contributed by atoms with van der Waals surface area (Å²) < 4.78 is 1.26. The number of rotatable bonds is 4. The van der Waals surface area contributed by atoms with Crippen molar-refractivity contribution in [3.05, 3.63) is 34.2 Å². The summed E-state index contributed by atoms with van der Waals surface area (Å²) in [4.78, 5) is 11.5. The van der Waals surface area contributed by atoms with Crippen molar-refractivity contribution in [2.24, 2.45) is 0 Å². The zero-order valence-electron chi connectivity index (χ0n) is 7.96. The van der Waals surface area contributed by atoms with Crippen molar-refractivity contribution in [2.75, 3.05) is 11.9 Å². The molecule has 0 aliphatic rings. The lowest BCUT2D eigenvalue weighted by Crippen LogP contribution is -2.23. The summed E-state index contributed by atoms with van der Waals surface area (Å²) in [6, 6.07) is 0. The van der Waals surface area contributed by atoms with E-state index >= 15 is 0 Å². The zero-order valence-corrected chi connectivity index (χ0v) is 8.71. The normalized spacial score (nSPS) is 9.86.